The average molecular weight is 389 g/mol. The number of aryl methyl sites for hydroxylation is 1. The van der Waals surface area contributed by atoms with Crippen LogP contribution < -0.4 is 20.7 Å². The van der Waals surface area contributed by atoms with Crippen molar-refractivity contribution in [3.63, 3.8) is 0 Å². The summed E-state index contributed by atoms with van der Waals surface area (Å²) in [5.41, 5.74) is 1.80. The normalized spacial score (nSPS) is 25.9. The standard InChI is InChI=1S/C19H23N3O4S/c23-16-8-5-11-9-12(6-7-13(11)20-16)26-17(24)4-2-1-3-15-18-14(10-27-15)21-19(25)22-18/h6-7,9,14-15,18H,1-5,8,10H2,(H,20,23)(H2,21,22,25)/t14-,15+,18+/m1/s1. The van der Waals surface area contributed by atoms with Crippen LogP contribution in [0, 0.1) is 0 Å². The number of urea groups is 1. The van der Waals surface area contributed by atoms with Crippen LogP contribution in [-0.2, 0) is 16.0 Å². The van der Waals surface area contributed by atoms with Gasteiger partial charge in [0.15, 0.2) is 0 Å². The molecule has 2 saturated heterocycles. The summed E-state index contributed by atoms with van der Waals surface area (Å²) in [6.45, 7) is 0. The van der Waals surface area contributed by atoms with Crippen molar-refractivity contribution in [2.45, 2.75) is 55.9 Å². The Kier molecular flexibility index (Phi) is 5.24. The van der Waals surface area contributed by atoms with Gasteiger partial charge < -0.3 is 20.7 Å². The van der Waals surface area contributed by atoms with Gasteiger partial charge in [-0.05, 0) is 43.0 Å². The molecule has 3 heterocycles. The second kappa shape index (κ2) is 7.80. The van der Waals surface area contributed by atoms with Crippen molar-refractivity contribution in [2.24, 2.45) is 0 Å². The van der Waals surface area contributed by atoms with E-state index in [4.69, 9.17) is 4.74 Å². The predicted octanol–water partition coefficient (Wildman–Crippen LogP) is 2.20. The first-order valence-electron chi connectivity index (χ1n) is 9.40. The number of esters is 1. The number of rotatable bonds is 6. The summed E-state index contributed by atoms with van der Waals surface area (Å²) in [6, 6.07) is 5.72. The van der Waals surface area contributed by atoms with Crippen molar-refractivity contribution in [1.82, 2.24) is 10.6 Å². The summed E-state index contributed by atoms with van der Waals surface area (Å²) in [4.78, 5) is 34.9. The lowest BCUT2D eigenvalue weighted by Crippen LogP contribution is -2.36. The summed E-state index contributed by atoms with van der Waals surface area (Å²) in [6.07, 6.45) is 4.20. The molecule has 0 radical (unpaired) electrons. The van der Waals surface area contributed by atoms with Gasteiger partial charge in [-0.2, -0.15) is 11.8 Å². The van der Waals surface area contributed by atoms with Gasteiger partial charge in [-0.25, -0.2) is 4.79 Å². The molecule has 3 aliphatic rings. The zero-order valence-electron chi connectivity index (χ0n) is 15.0. The van der Waals surface area contributed by atoms with E-state index in [2.05, 4.69) is 16.0 Å². The fourth-order valence-corrected chi connectivity index (χ4v) is 5.41. The van der Waals surface area contributed by atoms with Crippen molar-refractivity contribution in [3.8, 4) is 5.75 Å². The molecule has 7 nitrogen and oxygen atoms in total. The smallest absolute Gasteiger partial charge is 0.315 e. The molecule has 0 aromatic heterocycles. The molecule has 0 spiro atoms. The summed E-state index contributed by atoms with van der Waals surface area (Å²) >= 11 is 1.89. The van der Waals surface area contributed by atoms with Gasteiger partial charge in [0.2, 0.25) is 5.91 Å². The molecule has 27 heavy (non-hydrogen) atoms. The van der Waals surface area contributed by atoms with E-state index in [0.29, 0.717) is 30.3 Å². The summed E-state index contributed by atoms with van der Waals surface area (Å²) < 4.78 is 5.44. The highest BCUT2D eigenvalue weighted by Crippen LogP contribution is 2.33. The Morgan fingerprint density at radius 3 is 2.96 bits per heavy atom. The SMILES string of the molecule is O=C1CCc2cc(OC(=O)CCCC[C@@H]3SC[C@H]4NC(=O)N[C@H]34)ccc2N1. The van der Waals surface area contributed by atoms with Crippen molar-refractivity contribution in [3.05, 3.63) is 23.8 Å². The molecule has 3 atom stereocenters. The number of benzene rings is 1. The molecule has 2 fully saturated rings. The van der Waals surface area contributed by atoms with Crippen LogP contribution in [0.3, 0.4) is 0 Å². The lowest BCUT2D eigenvalue weighted by Gasteiger charge is -2.17. The molecular formula is C19H23N3O4S. The van der Waals surface area contributed by atoms with Gasteiger partial charge in [0, 0.05) is 29.5 Å². The Bertz CT molecular complexity index is 769. The van der Waals surface area contributed by atoms with Gasteiger partial charge in [0.25, 0.3) is 0 Å². The summed E-state index contributed by atoms with van der Waals surface area (Å²) in [7, 11) is 0. The van der Waals surface area contributed by atoms with Crippen LogP contribution in [0.2, 0.25) is 0 Å². The molecule has 1 aromatic rings. The third-order valence-corrected chi connectivity index (χ3v) is 6.77. The minimum Gasteiger partial charge on any atom is -0.427 e. The Morgan fingerprint density at radius 1 is 1.19 bits per heavy atom. The Morgan fingerprint density at radius 2 is 2.07 bits per heavy atom. The maximum absolute atomic E-state index is 12.1. The molecule has 0 bridgehead atoms. The number of fused-ring (bicyclic) bond motifs is 2. The summed E-state index contributed by atoms with van der Waals surface area (Å²) in [5, 5.41) is 9.16. The van der Waals surface area contributed by atoms with Crippen LogP contribution in [0.1, 0.15) is 37.7 Å². The van der Waals surface area contributed by atoms with Gasteiger partial charge in [0.1, 0.15) is 5.75 Å². The first kappa shape index (κ1) is 18.2. The van der Waals surface area contributed by atoms with Crippen LogP contribution in [0.25, 0.3) is 0 Å². The van der Waals surface area contributed by atoms with Gasteiger partial charge in [-0.3, -0.25) is 9.59 Å². The fourth-order valence-electron chi connectivity index (χ4n) is 3.86. The second-order valence-electron chi connectivity index (χ2n) is 7.21. The van der Waals surface area contributed by atoms with E-state index in [0.717, 1.165) is 36.3 Å². The van der Waals surface area contributed by atoms with E-state index >= 15 is 0 Å². The van der Waals surface area contributed by atoms with Crippen LogP contribution in [0.15, 0.2) is 18.2 Å². The minimum absolute atomic E-state index is 0.0203. The summed E-state index contributed by atoms with van der Waals surface area (Å²) in [5.74, 6) is 1.27. The Hall–Kier alpha value is -2.22. The topological polar surface area (TPSA) is 96.5 Å². The molecule has 3 amide bonds. The zero-order chi connectivity index (χ0) is 18.8. The quantitative estimate of drug-likeness (QED) is 0.300. The number of anilines is 1. The second-order valence-corrected chi connectivity index (χ2v) is 8.48. The molecule has 0 aliphatic carbocycles. The van der Waals surface area contributed by atoms with E-state index in [1.165, 1.54) is 0 Å². The van der Waals surface area contributed by atoms with Crippen molar-refractivity contribution < 1.29 is 19.1 Å². The highest BCUT2D eigenvalue weighted by molar-refractivity contribution is 8.00. The van der Waals surface area contributed by atoms with Gasteiger partial charge in [0.05, 0.1) is 12.1 Å². The molecule has 4 rings (SSSR count). The van der Waals surface area contributed by atoms with E-state index in [9.17, 15) is 14.4 Å². The maximum Gasteiger partial charge on any atom is 0.315 e. The molecule has 8 heteroatoms. The van der Waals surface area contributed by atoms with Crippen LogP contribution in [-0.4, -0.2) is 41.0 Å². The number of nitrogens with one attached hydrogen (secondary N) is 3. The minimum atomic E-state index is -0.234. The number of hydrogen-bond donors (Lipinski definition) is 3. The molecule has 0 saturated carbocycles. The first-order chi connectivity index (χ1) is 13.1. The number of ether oxygens (including phenoxy) is 1. The predicted molar refractivity (Wildman–Crippen MR) is 103 cm³/mol. The molecular weight excluding hydrogens is 366 g/mol. The third kappa shape index (κ3) is 4.21. The highest BCUT2D eigenvalue weighted by Gasteiger charge is 2.42. The van der Waals surface area contributed by atoms with E-state index < -0.39 is 0 Å². The monoisotopic (exact) mass is 389 g/mol. The van der Waals surface area contributed by atoms with Crippen LogP contribution in [0.4, 0.5) is 10.5 Å². The van der Waals surface area contributed by atoms with E-state index in [-0.39, 0.29) is 30.0 Å². The number of unbranched alkanes of at least 4 members (excludes halogenated alkanes) is 1. The number of carbonyl (C=O) groups excluding carboxylic acids is 3. The van der Waals surface area contributed by atoms with Gasteiger partial charge in [-0.15, -0.1) is 0 Å². The van der Waals surface area contributed by atoms with Crippen molar-refractivity contribution in [1.29, 1.82) is 0 Å². The Labute approximate surface area is 162 Å². The van der Waals surface area contributed by atoms with Crippen molar-refractivity contribution in [2.75, 3.05) is 11.1 Å². The molecule has 3 N–H and O–H groups in total. The average Bonchev–Trinajstić information content (AvgIpc) is 3.18. The zero-order valence-corrected chi connectivity index (χ0v) is 15.8. The van der Waals surface area contributed by atoms with E-state index in [1.54, 1.807) is 12.1 Å². The maximum atomic E-state index is 12.1. The lowest BCUT2D eigenvalue weighted by molar-refractivity contribution is -0.134. The lowest BCUT2D eigenvalue weighted by atomic mass is 10.0. The van der Waals surface area contributed by atoms with Gasteiger partial charge in [-0.1, -0.05) is 6.42 Å². The first-order valence-corrected chi connectivity index (χ1v) is 10.5. The van der Waals surface area contributed by atoms with Crippen LogP contribution in [0.5, 0.6) is 5.75 Å². The number of amides is 3. The molecule has 0 unspecified atom stereocenters. The number of hydrogen-bond acceptors (Lipinski definition) is 5. The molecule has 1 aromatic carbocycles. The van der Waals surface area contributed by atoms with Crippen LogP contribution >= 0.6 is 11.8 Å². The van der Waals surface area contributed by atoms with E-state index in [1.807, 2.05) is 17.8 Å². The molecule has 144 valence electrons. The number of carbonyl (C=O) groups is 3. The Balaban J connectivity index is 1.19. The largest absolute Gasteiger partial charge is 0.427 e. The third-order valence-electron chi connectivity index (χ3n) is 5.26. The fraction of sp³-hybridized carbons (Fsp3) is 0.526. The molecule has 3 aliphatic heterocycles. The van der Waals surface area contributed by atoms with Gasteiger partial charge >= 0.3 is 12.0 Å². The highest BCUT2D eigenvalue weighted by atomic mass is 32.2. The number of thioether (sulfide) groups is 1. The van der Waals surface area contributed by atoms with Crippen molar-refractivity contribution >= 4 is 35.4 Å².